The van der Waals surface area contributed by atoms with Gasteiger partial charge in [-0.15, -0.1) is 0 Å². The Bertz CT molecular complexity index is 485. The summed E-state index contributed by atoms with van der Waals surface area (Å²) in [5.41, 5.74) is -0.334. The number of esters is 2. The fourth-order valence-electron chi connectivity index (χ4n) is 4.37. The molecular formula is C17H26O5. The summed E-state index contributed by atoms with van der Waals surface area (Å²) in [7, 11) is 1.50. The molecule has 2 bridgehead atoms. The van der Waals surface area contributed by atoms with Gasteiger partial charge in [0, 0.05) is 13.0 Å². The number of ether oxygens (including phenoxy) is 3. The van der Waals surface area contributed by atoms with E-state index < -0.39 is 0 Å². The molecule has 5 atom stereocenters. The zero-order chi connectivity index (χ0) is 16.1. The first-order chi connectivity index (χ1) is 10.3. The number of carbonyl (C=O) groups excluding carboxylic acids is 2. The van der Waals surface area contributed by atoms with Crippen molar-refractivity contribution in [2.75, 3.05) is 13.9 Å². The van der Waals surface area contributed by atoms with Gasteiger partial charge in [0.05, 0.1) is 11.3 Å². The summed E-state index contributed by atoms with van der Waals surface area (Å²) < 4.78 is 15.7. The van der Waals surface area contributed by atoms with Crippen LogP contribution in [0.4, 0.5) is 0 Å². The van der Waals surface area contributed by atoms with Crippen molar-refractivity contribution in [1.82, 2.24) is 0 Å². The van der Waals surface area contributed by atoms with Crippen molar-refractivity contribution in [2.45, 2.75) is 52.6 Å². The average Bonchev–Trinajstić information content (AvgIpc) is 2.84. The van der Waals surface area contributed by atoms with E-state index in [-0.39, 0.29) is 47.5 Å². The number of hydrogen-bond acceptors (Lipinski definition) is 5. The number of hydrogen-bond donors (Lipinski definition) is 0. The largest absolute Gasteiger partial charge is 0.462 e. The molecular weight excluding hydrogens is 284 g/mol. The van der Waals surface area contributed by atoms with Gasteiger partial charge in [0.2, 0.25) is 0 Å². The van der Waals surface area contributed by atoms with Crippen molar-refractivity contribution in [3.05, 3.63) is 0 Å². The van der Waals surface area contributed by atoms with Gasteiger partial charge in [-0.1, -0.05) is 13.8 Å². The maximum Gasteiger partial charge on any atom is 0.312 e. The number of fused-ring (bicyclic) bond motifs is 2. The Balaban J connectivity index is 1.60. The van der Waals surface area contributed by atoms with E-state index in [9.17, 15) is 9.59 Å². The lowest BCUT2D eigenvalue weighted by Gasteiger charge is -2.29. The van der Waals surface area contributed by atoms with Crippen LogP contribution in [0.15, 0.2) is 0 Å². The van der Waals surface area contributed by atoms with Gasteiger partial charge in [-0.2, -0.15) is 0 Å². The van der Waals surface area contributed by atoms with Gasteiger partial charge in [-0.05, 0) is 43.9 Å². The van der Waals surface area contributed by atoms with Crippen LogP contribution in [-0.2, 0) is 23.8 Å². The second kappa shape index (κ2) is 5.22. The first-order valence-corrected chi connectivity index (χ1v) is 8.15. The van der Waals surface area contributed by atoms with Crippen LogP contribution >= 0.6 is 0 Å². The summed E-state index contributed by atoms with van der Waals surface area (Å²) in [5, 5.41) is 0. The van der Waals surface area contributed by atoms with Gasteiger partial charge in [0.25, 0.3) is 0 Å². The Labute approximate surface area is 131 Å². The summed E-state index contributed by atoms with van der Waals surface area (Å²) in [6.07, 6.45) is 3.45. The highest BCUT2D eigenvalue weighted by atomic mass is 16.7. The van der Waals surface area contributed by atoms with Crippen molar-refractivity contribution in [3.8, 4) is 0 Å². The van der Waals surface area contributed by atoms with E-state index >= 15 is 0 Å². The molecule has 0 spiro atoms. The highest BCUT2D eigenvalue weighted by Crippen LogP contribution is 2.64. The third-order valence-corrected chi connectivity index (χ3v) is 6.25. The number of carbonyl (C=O) groups is 2. The van der Waals surface area contributed by atoms with Crippen molar-refractivity contribution >= 4 is 11.9 Å². The smallest absolute Gasteiger partial charge is 0.312 e. The lowest BCUT2D eigenvalue weighted by Crippen LogP contribution is -2.36. The third kappa shape index (κ3) is 2.43. The first-order valence-electron chi connectivity index (χ1n) is 8.15. The average molecular weight is 310 g/mol. The number of rotatable bonds is 5. The molecule has 5 nitrogen and oxygen atoms in total. The van der Waals surface area contributed by atoms with E-state index in [1.54, 1.807) is 0 Å². The quantitative estimate of drug-likeness (QED) is 0.577. The van der Waals surface area contributed by atoms with Crippen LogP contribution in [0.3, 0.4) is 0 Å². The lowest BCUT2D eigenvalue weighted by molar-refractivity contribution is -0.169. The molecule has 0 aliphatic heterocycles. The van der Waals surface area contributed by atoms with Crippen molar-refractivity contribution in [1.29, 1.82) is 0 Å². The Morgan fingerprint density at radius 2 is 1.82 bits per heavy atom. The van der Waals surface area contributed by atoms with Crippen molar-refractivity contribution < 1.29 is 23.8 Å². The van der Waals surface area contributed by atoms with Gasteiger partial charge < -0.3 is 14.2 Å². The van der Waals surface area contributed by atoms with Crippen molar-refractivity contribution in [3.63, 3.8) is 0 Å². The monoisotopic (exact) mass is 310 g/mol. The summed E-state index contributed by atoms with van der Waals surface area (Å²) in [6, 6.07) is 0. The maximum absolute atomic E-state index is 12.5. The molecule has 0 radical (unpaired) electrons. The van der Waals surface area contributed by atoms with Gasteiger partial charge in [-0.3, -0.25) is 9.59 Å². The Morgan fingerprint density at radius 1 is 1.14 bits per heavy atom. The molecule has 22 heavy (non-hydrogen) atoms. The SMILES string of the molecule is COCOC(=O)C1CC2CC(OC(=O)C3(C)CC3(C)C)C1C2. The Kier molecular flexibility index (Phi) is 3.75. The second-order valence-corrected chi connectivity index (χ2v) is 8.05. The maximum atomic E-state index is 12.5. The predicted octanol–water partition coefficient (Wildman–Crippen LogP) is 2.53. The second-order valence-electron chi connectivity index (χ2n) is 8.05. The van der Waals surface area contributed by atoms with Gasteiger partial charge in [-0.25, -0.2) is 0 Å². The molecule has 0 aromatic carbocycles. The van der Waals surface area contributed by atoms with Crippen LogP contribution in [0, 0.1) is 28.6 Å². The normalized spacial score (nSPS) is 41.3. The summed E-state index contributed by atoms with van der Waals surface area (Å²) >= 11 is 0. The molecule has 3 saturated carbocycles. The van der Waals surface area contributed by atoms with Crippen LogP contribution in [0.5, 0.6) is 0 Å². The molecule has 0 aromatic rings. The molecule has 0 saturated heterocycles. The van der Waals surface area contributed by atoms with E-state index in [0.29, 0.717) is 5.92 Å². The summed E-state index contributed by atoms with van der Waals surface area (Å²) in [5.74, 6) is 0.130. The minimum absolute atomic E-state index is 0.0105. The molecule has 0 heterocycles. The van der Waals surface area contributed by atoms with Crippen LogP contribution in [0.25, 0.3) is 0 Å². The van der Waals surface area contributed by atoms with Crippen LogP contribution in [0.1, 0.15) is 46.5 Å². The van der Waals surface area contributed by atoms with E-state index in [2.05, 4.69) is 13.8 Å². The summed E-state index contributed by atoms with van der Waals surface area (Å²) in [4.78, 5) is 24.6. The van der Waals surface area contributed by atoms with Crippen molar-refractivity contribution in [2.24, 2.45) is 28.6 Å². The Morgan fingerprint density at radius 3 is 2.36 bits per heavy atom. The third-order valence-electron chi connectivity index (χ3n) is 6.25. The highest BCUT2D eigenvalue weighted by Gasteiger charge is 2.64. The molecule has 3 fully saturated rings. The topological polar surface area (TPSA) is 61.8 Å². The molecule has 0 aromatic heterocycles. The van der Waals surface area contributed by atoms with E-state index in [0.717, 1.165) is 25.7 Å². The standard InChI is InChI=1S/C17H26O5/c1-16(2)8-17(16,3)15(19)22-13-7-10-5-11(13)12(6-10)14(18)21-9-20-4/h10-13H,5-9H2,1-4H3. The van der Waals surface area contributed by atoms with Crippen LogP contribution in [0.2, 0.25) is 0 Å². The molecule has 3 aliphatic rings. The molecule has 5 unspecified atom stereocenters. The van der Waals surface area contributed by atoms with Crippen LogP contribution in [-0.4, -0.2) is 31.9 Å². The fourth-order valence-corrected chi connectivity index (χ4v) is 4.37. The first kappa shape index (κ1) is 15.8. The zero-order valence-electron chi connectivity index (χ0n) is 13.9. The molecule has 0 amide bonds. The lowest BCUT2D eigenvalue weighted by atomic mass is 9.86. The van der Waals surface area contributed by atoms with Gasteiger partial charge in [0.15, 0.2) is 6.79 Å². The molecule has 0 N–H and O–H groups in total. The minimum atomic E-state index is -0.360. The number of methoxy groups -OCH3 is 1. The van der Waals surface area contributed by atoms with Crippen LogP contribution < -0.4 is 0 Å². The fraction of sp³-hybridized carbons (Fsp3) is 0.882. The predicted molar refractivity (Wildman–Crippen MR) is 78.7 cm³/mol. The Hall–Kier alpha value is -1.10. The molecule has 124 valence electrons. The van der Waals surface area contributed by atoms with Gasteiger partial charge in [0.1, 0.15) is 6.10 Å². The van der Waals surface area contributed by atoms with E-state index in [1.165, 1.54) is 7.11 Å². The zero-order valence-corrected chi connectivity index (χ0v) is 13.9. The molecule has 3 aliphatic carbocycles. The highest BCUT2D eigenvalue weighted by molar-refractivity contribution is 5.81. The molecule has 3 rings (SSSR count). The molecule has 5 heteroatoms. The van der Waals surface area contributed by atoms with Gasteiger partial charge >= 0.3 is 11.9 Å². The van der Waals surface area contributed by atoms with E-state index in [4.69, 9.17) is 14.2 Å². The summed E-state index contributed by atoms with van der Waals surface area (Å²) in [6.45, 7) is 6.16. The van der Waals surface area contributed by atoms with E-state index in [1.807, 2.05) is 6.92 Å². The minimum Gasteiger partial charge on any atom is -0.462 e.